The molecule has 5 heteroatoms. The fourth-order valence-electron chi connectivity index (χ4n) is 1.64. The van der Waals surface area contributed by atoms with Crippen LogP contribution in [0.4, 0.5) is 0 Å². The highest BCUT2D eigenvalue weighted by molar-refractivity contribution is 7.07. The van der Waals surface area contributed by atoms with E-state index < -0.39 is 0 Å². The third-order valence-electron chi connectivity index (χ3n) is 2.56. The van der Waals surface area contributed by atoms with Crippen LogP contribution in [0.2, 0.25) is 0 Å². The molecule has 1 amide bonds. The third-order valence-corrected chi connectivity index (χ3v) is 3.50. The Bertz CT molecular complexity index is 528. The molecule has 18 heavy (non-hydrogen) atoms. The van der Waals surface area contributed by atoms with Gasteiger partial charge in [0, 0.05) is 23.9 Å². The number of aromatic nitrogens is 1. The van der Waals surface area contributed by atoms with Crippen LogP contribution >= 0.6 is 22.9 Å². The van der Waals surface area contributed by atoms with E-state index in [0.29, 0.717) is 18.0 Å². The number of rotatable bonds is 4. The average molecular weight is 281 g/mol. The van der Waals surface area contributed by atoms with Crippen molar-refractivity contribution in [1.82, 2.24) is 9.88 Å². The van der Waals surface area contributed by atoms with Gasteiger partial charge in [-0.3, -0.25) is 4.79 Å². The molecule has 1 aromatic carbocycles. The number of carbonyl (C=O) groups excluding carboxylic acids is 1. The van der Waals surface area contributed by atoms with Crippen LogP contribution in [-0.2, 0) is 12.4 Å². The first kappa shape index (κ1) is 13.1. The van der Waals surface area contributed by atoms with Crippen LogP contribution in [0.3, 0.4) is 0 Å². The van der Waals surface area contributed by atoms with Gasteiger partial charge in [0.15, 0.2) is 0 Å². The van der Waals surface area contributed by atoms with Crippen molar-refractivity contribution in [3.63, 3.8) is 0 Å². The first-order valence-electron chi connectivity index (χ1n) is 5.48. The van der Waals surface area contributed by atoms with Gasteiger partial charge in [0.05, 0.1) is 17.7 Å². The molecule has 2 aromatic rings. The van der Waals surface area contributed by atoms with E-state index in [0.717, 1.165) is 11.3 Å². The summed E-state index contributed by atoms with van der Waals surface area (Å²) < 4.78 is 0. The van der Waals surface area contributed by atoms with Gasteiger partial charge in [-0.25, -0.2) is 4.98 Å². The summed E-state index contributed by atoms with van der Waals surface area (Å²) in [5, 5.41) is 1.94. The Labute approximate surface area is 115 Å². The summed E-state index contributed by atoms with van der Waals surface area (Å²) in [6, 6.07) is 7.38. The van der Waals surface area contributed by atoms with Crippen molar-refractivity contribution in [2.45, 2.75) is 12.4 Å². The number of carbonyl (C=O) groups is 1. The Morgan fingerprint density at radius 2 is 2.33 bits per heavy atom. The molecule has 0 saturated heterocycles. The first-order chi connectivity index (χ1) is 8.70. The summed E-state index contributed by atoms with van der Waals surface area (Å²) in [4.78, 5) is 18.0. The topological polar surface area (TPSA) is 33.2 Å². The standard InChI is InChI=1S/C13H13ClN2OS/c1-16(7-12-8-18-9-15-12)13(17)11-4-2-3-10(5-11)6-14/h2-5,8-9H,6-7H2,1H3. The number of nitrogens with zero attached hydrogens (tertiary/aromatic N) is 2. The maximum atomic E-state index is 12.2. The van der Waals surface area contributed by atoms with E-state index in [4.69, 9.17) is 11.6 Å². The number of amides is 1. The molecule has 0 unspecified atom stereocenters. The van der Waals surface area contributed by atoms with E-state index in [9.17, 15) is 4.79 Å². The molecule has 1 heterocycles. The van der Waals surface area contributed by atoms with Gasteiger partial charge in [-0.2, -0.15) is 0 Å². The number of halogens is 1. The van der Waals surface area contributed by atoms with Crippen molar-refractivity contribution in [3.8, 4) is 0 Å². The Kier molecular flexibility index (Phi) is 4.33. The van der Waals surface area contributed by atoms with Gasteiger partial charge in [-0.15, -0.1) is 22.9 Å². The summed E-state index contributed by atoms with van der Waals surface area (Å²) >= 11 is 7.29. The van der Waals surface area contributed by atoms with E-state index in [-0.39, 0.29) is 5.91 Å². The maximum Gasteiger partial charge on any atom is 0.253 e. The largest absolute Gasteiger partial charge is 0.336 e. The second-order valence-corrected chi connectivity index (χ2v) is 4.96. The van der Waals surface area contributed by atoms with Crippen LogP contribution in [0.15, 0.2) is 35.2 Å². The number of benzene rings is 1. The minimum absolute atomic E-state index is 0.0185. The molecule has 0 aliphatic rings. The highest BCUT2D eigenvalue weighted by atomic mass is 35.5. The fourth-order valence-corrected chi connectivity index (χ4v) is 2.35. The lowest BCUT2D eigenvalue weighted by Gasteiger charge is -2.16. The Morgan fingerprint density at radius 1 is 1.50 bits per heavy atom. The Balaban J connectivity index is 2.10. The molecular formula is C13H13ClN2OS. The smallest absolute Gasteiger partial charge is 0.253 e. The lowest BCUT2D eigenvalue weighted by Crippen LogP contribution is -2.26. The third kappa shape index (κ3) is 3.09. The molecule has 94 valence electrons. The molecule has 0 aliphatic heterocycles. The van der Waals surface area contributed by atoms with Crippen molar-refractivity contribution < 1.29 is 4.79 Å². The van der Waals surface area contributed by atoms with Gasteiger partial charge >= 0.3 is 0 Å². The monoisotopic (exact) mass is 280 g/mol. The number of hydrogen-bond acceptors (Lipinski definition) is 3. The van der Waals surface area contributed by atoms with E-state index >= 15 is 0 Å². The van der Waals surface area contributed by atoms with Crippen molar-refractivity contribution >= 4 is 28.8 Å². The van der Waals surface area contributed by atoms with Crippen molar-refractivity contribution in [1.29, 1.82) is 0 Å². The van der Waals surface area contributed by atoms with Gasteiger partial charge in [-0.05, 0) is 17.7 Å². The number of hydrogen-bond donors (Lipinski definition) is 0. The quantitative estimate of drug-likeness (QED) is 0.806. The molecule has 1 aromatic heterocycles. The molecule has 0 radical (unpaired) electrons. The summed E-state index contributed by atoms with van der Waals surface area (Å²) in [7, 11) is 1.77. The maximum absolute atomic E-state index is 12.2. The number of alkyl halides is 1. The second kappa shape index (κ2) is 5.98. The minimum Gasteiger partial charge on any atom is -0.336 e. The lowest BCUT2D eigenvalue weighted by molar-refractivity contribution is 0.0783. The molecular weight excluding hydrogens is 268 g/mol. The molecule has 0 bridgehead atoms. The zero-order valence-corrected chi connectivity index (χ0v) is 11.5. The molecule has 0 spiro atoms. The molecule has 2 rings (SSSR count). The van der Waals surface area contributed by atoms with Gasteiger partial charge in [-0.1, -0.05) is 12.1 Å². The summed E-state index contributed by atoms with van der Waals surface area (Å²) in [5.74, 6) is 0.395. The summed E-state index contributed by atoms with van der Waals surface area (Å²) in [5.41, 5.74) is 4.28. The first-order valence-corrected chi connectivity index (χ1v) is 6.96. The molecule has 0 fully saturated rings. The fraction of sp³-hybridized carbons (Fsp3) is 0.231. The van der Waals surface area contributed by atoms with Crippen LogP contribution in [0, 0.1) is 0 Å². The zero-order valence-electron chi connectivity index (χ0n) is 9.97. The van der Waals surface area contributed by atoms with Crippen LogP contribution in [0.5, 0.6) is 0 Å². The minimum atomic E-state index is -0.0185. The van der Waals surface area contributed by atoms with E-state index in [2.05, 4.69) is 4.98 Å². The SMILES string of the molecule is CN(Cc1cscn1)C(=O)c1cccc(CCl)c1. The Hall–Kier alpha value is -1.39. The Morgan fingerprint density at radius 3 is 3.00 bits per heavy atom. The van der Waals surface area contributed by atoms with E-state index in [1.54, 1.807) is 23.5 Å². The average Bonchev–Trinajstić information content (AvgIpc) is 2.90. The number of thiazole rings is 1. The molecule has 3 nitrogen and oxygen atoms in total. The van der Waals surface area contributed by atoms with Gasteiger partial charge in [0.2, 0.25) is 0 Å². The predicted octanol–water partition coefficient (Wildman–Crippen LogP) is 3.15. The lowest BCUT2D eigenvalue weighted by atomic mass is 10.1. The summed E-state index contributed by atoms with van der Waals surface area (Å²) in [6.07, 6.45) is 0. The van der Waals surface area contributed by atoms with Crippen LogP contribution in [0.1, 0.15) is 21.6 Å². The molecule has 0 atom stereocenters. The second-order valence-electron chi connectivity index (χ2n) is 3.98. The van der Waals surface area contributed by atoms with Gasteiger partial charge in [0.25, 0.3) is 5.91 Å². The van der Waals surface area contributed by atoms with Crippen LogP contribution < -0.4 is 0 Å². The molecule has 0 saturated carbocycles. The highest BCUT2D eigenvalue weighted by Gasteiger charge is 2.12. The molecule has 0 N–H and O–H groups in total. The summed E-state index contributed by atoms with van der Waals surface area (Å²) in [6.45, 7) is 0.521. The van der Waals surface area contributed by atoms with E-state index in [1.807, 2.05) is 23.6 Å². The predicted molar refractivity (Wildman–Crippen MR) is 73.9 cm³/mol. The van der Waals surface area contributed by atoms with Gasteiger partial charge < -0.3 is 4.90 Å². The van der Waals surface area contributed by atoms with Crippen molar-refractivity contribution in [2.24, 2.45) is 0 Å². The van der Waals surface area contributed by atoms with Crippen LogP contribution in [-0.4, -0.2) is 22.8 Å². The van der Waals surface area contributed by atoms with E-state index in [1.165, 1.54) is 11.3 Å². The van der Waals surface area contributed by atoms with Crippen molar-refractivity contribution in [2.75, 3.05) is 7.05 Å². The normalized spacial score (nSPS) is 10.3. The zero-order chi connectivity index (χ0) is 13.0. The van der Waals surface area contributed by atoms with Crippen LogP contribution in [0.25, 0.3) is 0 Å². The molecule has 0 aliphatic carbocycles. The van der Waals surface area contributed by atoms with Crippen molar-refractivity contribution in [3.05, 3.63) is 52.0 Å². The van der Waals surface area contributed by atoms with Gasteiger partial charge in [0.1, 0.15) is 0 Å². The highest BCUT2D eigenvalue weighted by Crippen LogP contribution is 2.12.